The minimum Gasteiger partial charge on any atom is -0.489 e. The highest BCUT2D eigenvalue weighted by Gasteiger charge is 2.17. The van der Waals surface area contributed by atoms with Gasteiger partial charge in [-0.2, -0.15) is 0 Å². The molecule has 5 nitrogen and oxygen atoms in total. The van der Waals surface area contributed by atoms with Gasteiger partial charge < -0.3 is 19.7 Å². The van der Waals surface area contributed by atoms with Gasteiger partial charge in [-0.25, -0.2) is 4.39 Å². The Bertz CT molecular complexity index is 789. The first-order valence-corrected chi connectivity index (χ1v) is 9.16. The van der Waals surface area contributed by atoms with Crippen LogP contribution in [0.15, 0.2) is 42.5 Å². The van der Waals surface area contributed by atoms with Gasteiger partial charge in [-0.05, 0) is 49.6 Å². The fraction of sp³-hybridized carbons (Fsp3) is 0.381. The summed E-state index contributed by atoms with van der Waals surface area (Å²) in [5, 5.41) is 2.81. The number of hydrogen-bond donors (Lipinski definition) is 1. The summed E-state index contributed by atoms with van der Waals surface area (Å²) in [6.07, 6.45) is 3.29. The number of halogens is 1. The van der Waals surface area contributed by atoms with Gasteiger partial charge in [0, 0.05) is 26.3 Å². The van der Waals surface area contributed by atoms with Crippen molar-refractivity contribution in [3.63, 3.8) is 0 Å². The van der Waals surface area contributed by atoms with E-state index in [0.29, 0.717) is 23.7 Å². The first kappa shape index (κ1) is 19.2. The molecule has 6 heteroatoms. The maximum absolute atomic E-state index is 14.1. The summed E-state index contributed by atoms with van der Waals surface area (Å²) in [5.41, 5.74) is 1.24. The Kier molecular flexibility index (Phi) is 6.29. The van der Waals surface area contributed by atoms with E-state index in [-0.39, 0.29) is 17.6 Å². The number of anilines is 2. The fourth-order valence-electron chi connectivity index (χ4n) is 3.02. The Hall–Kier alpha value is -2.60. The van der Waals surface area contributed by atoms with E-state index in [1.165, 1.54) is 6.07 Å². The zero-order chi connectivity index (χ0) is 19.2. The van der Waals surface area contributed by atoms with Gasteiger partial charge in [0.2, 0.25) is 0 Å². The van der Waals surface area contributed by atoms with Crippen LogP contribution in [0.25, 0.3) is 0 Å². The van der Waals surface area contributed by atoms with E-state index in [0.717, 1.165) is 25.9 Å². The molecule has 0 radical (unpaired) electrons. The number of benzene rings is 2. The van der Waals surface area contributed by atoms with Gasteiger partial charge in [-0.15, -0.1) is 0 Å². The summed E-state index contributed by atoms with van der Waals surface area (Å²) in [6.45, 7) is 1.21. The quantitative estimate of drug-likeness (QED) is 0.830. The summed E-state index contributed by atoms with van der Waals surface area (Å²) in [4.78, 5) is 14.2. The zero-order valence-corrected chi connectivity index (χ0v) is 15.7. The number of amides is 1. The van der Waals surface area contributed by atoms with Crippen LogP contribution >= 0.6 is 0 Å². The van der Waals surface area contributed by atoms with Gasteiger partial charge in [-0.3, -0.25) is 4.79 Å². The standard InChI is InChI=1S/C21H25FN2O3/c1-24(2)19-11-10-15(13-17(19)22)21(25)23-18-8-3-4-9-20(18)27-14-16-7-5-6-12-26-16/h3-4,8-11,13,16H,5-7,12,14H2,1-2H3,(H,23,25)/t16-/m1/s1. The molecule has 2 aromatic rings. The average molecular weight is 372 g/mol. The van der Waals surface area contributed by atoms with Crippen LogP contribution < -0.4 is 15.0 Å². The van der Waals surface area contributed by atoms with Crippen molar-refractivity contribution in [2.45, 2.75) is 25.4 Å². The van der Waals surface area contributed by atoms with Crippen LogP contribution in [0.3, 0.4) is 0 Å². The summed E-state index contributed by atoms with van der Waals surface area (Å²) in [5.74, 6) is -0.249. The lowest BCUT2D eigenvalue weighted by Gasteiger charge is -2.23. The summed E-state index contributed by atoms with van der Waals surface area (Å²) >= 11 is 0. The molecular formula is C21H25FN2O3. The van der Waals surface area contributed by atoms with E-state index >= 15 is 0 Å². The van der Waals surface area contributed by atoms with E-state index in [2.05, 4.69) is 5.32 Å². The number of hydrogen-bond acceptors (Lipinski definition) is 4. The van der Waals surface area contributed by atoms with Crippen molar-refractivity contribution in [3.8, 4) is 5.75 Å². The lowest BCUT2D eigenvalue weighted by Crippen LogP contribution is -2.26. The highest BCUT2D eigenvalue weighted by Crippen LogP contribution is 2.26. The molecule has 0 bridgehead atoms. The molecule has 2 aromatic carbocycles. The molecule has 0 saturated carbocycles. The van der Waals surface area contributed by atoms with Crippen LogP contribution in [-0.2, 0) is 4.74 Å². The molecular weight excluding hydrogens is 347 g/mol. The minimum atomic E-state index is -0.438. The number of nitrogens with zero attached hydrogens (tertiary/aromatic N) is 1. The van der Waals surface area contributed by atoms with Crippen LogP contribution in [0, 0.1) is 5.82 Å². The first-order chi connectivity index (χ1) is 13.0. The largest absolute Gasteiger partial charge is 0.489 e. The average Bonchev–Trinajstić information content (AvgIpc) is 2.67. The van der Waals surface area contributed by atoms with Crippen LogP contribution in [0.2, 0.25) is 0 Å². The number of carbonyl (C=O) groups is 1. The smallest absolute Gasteiger partial charge is 0.255 e. The van der Waals surface area contributed by atoms with Crippen molar-refractivity contribution < 1.29 is 18.7 Å². The highest BCUT2D eigenvalue weighted by molar-refractivity contribution is 6.05. The van der Waals surface area contributed by atoms with Crippen molar-refractivity contribution in [3.05, 3.63) is 53.8 Å². The molecule has 27 heavy (non-hydrogen) atoms. The van der Waals surface area contributed by atoms with E-state index in [4.69, 9.17) is 9.47 Å². The van der Waals surface area contributed by atoms with Crippen molar-refractivity contribution in [2.75, 3.05) is 37.5 Å². The third kappa shape index (κ3) is 4.98. The van der Waals surface area contributed by atoms with Gasteiger partial charge in [-0.1, -0.05) is 12.1 Å². The molecule has 1 amide bonds. The molecule has 1 atom stereocenters. The second kappa shape index (κ2) is 8.86. The molecule has 144 valence electrons. The molecule has 0 aromatic heterocycles. The van der Waals surface area contributed by atoms with Crippen molar-refractivity contribution in [1.82, 2.24) is 0 Å². The second-order valence-corrected chi connectivity index (χ2v) is 6.81. The van der Waals surface area contributed by atoms with Crippen molar-refractivity contribution in [1.29, 1.82) is 0 Å². The van der Waals surface area contributed by atoms with E-state index < -0.39 is 5.82 Å². The lowest BCUT2D eigenvalue weighted by molar-refractivity contribution is -0.0109. The maximum Gasteiger partial charge on any atom is 0.255 e. The first-order valence-electron chi connectivity index (χ1n) is 9.16. The van der Waals surface area contributed by atoms with Crippen LogP contribution in [-0.4, -0.2) is 39.3 Å². The topological polar surface area (TPSA) is 50.8 Å². The molecule has 1 N–H and O–H groups in total. The highest BCUT2D eigenvalue weighted by atomic mass is 19.1. The molecule has 1 heterocycles. The third-order valence-electron chi connectivity index (χ3n) is 4.53. The Balaban J connectivity index is 1.68. The zero-order valence-electron chi connectivity index (χ0n) is 15.7. The summed E-state index contributed by atoms with van der Waals surface area (Å²) < 4.78 is 25.7. The van der Waals surface area contributed by atoms with Crippen LogP contribution in [0.4, 0.5) is 15.8 Å². The monoisotopic (exact) mass is 372 g/mol. The molecule has 3 rings (SSSR count). The van der Waals surface area contributed by atoms with Gasteiger partial charge in [0.15, 0.2) is 0 Å². The van der Waals surface area contributed by atoms with E-state index in [9.17, 15) is 9.18 Å². The SMILES string of the molecule is CN(C)c1ccc(C(=O)Nc2ccccc2OC[C@H]2CCCCO2)cc1F. The molecule has 1 saturated heterocycles. The molecule has 1 fully saturated rings. The maximum atomic E-state index is 14.1. The predicted molar refractivity (Wildman–Crippen MR) is 104 cm³/mol. The Labute approximate surface area is 159 Å². The molecule has 0 spiro atoms. The number of rotatable bonds is 6. The Morgan fingerprint density at radius 1 is 1.26 bits per heavy atom. The Morgan fingerprint density at radius 2 is 2.07 bits per heavy atom. The third-order valence-corrected chi connectivity index (χ3v) is 4.53. The van der Waals surface area contributed by atoms with Gasteiger partial charge in [0.1, 0.15) is 18.2 Å². The van der Waals surface area contributed by atoms with E-state index in [1.54, 1.807) is 43.3 Å². The van der Waals surface area contributed by atoms with Crippen molar-refractivity contribution in [2.24, 2.45) is 0 Å². The number of carbonyl (C=O) groups excluding carboxylic acids is 1. The number of ether oxygens (including phenoxy) is 2. The summed E-state index contributed by atoms with van der Waals surface area (Å²) in [6, 6.07) is 11.7. The molecule has 1 aliphatic rings. The van der Waals surface area contributed by atoms with Gasteiger partial charge in [0.25, 0.3) is 5.91 Å². The van der Waals surface area contributed by atoms with Crippen LogP contribution in [0.5, 0.6) is 5.75 Å². The van der Waals surface area contributed by atoms with Crippen molar-refractivity contribution >= 4 is 17.3 Å². The Morgan fingerprint density at radius 3 is 2.78 bits per heavy atom. The van der Waals surface area contributed by atoms with E-state index in [1.807, 2.05) is 12.1 Å². The van der Waals surface area contributed by atoms with Gasteiger partial charge in [0.05, 0.1) is 17.5 Å². The second-order valence-electron chi connectivity index (χ2n) is 6.81. The lowest BCUT2D eigenvalue weighted by atomic mass is 10.1. The number of para-hydroxylation sites is 2. The number of nitrogens with one attached hydrogen (secondary N) is 1. The van der Waals surface area contributed by atoms with Crippen LogP contribution in [0.1, 0.15) is 29.6 Å². The predicted octanol–water partition coefficient (Wildman–Crippen LogP) is 4.09. The minimum absolute atomic E-state index is 0.0789. The molecule has 1 aliphatic heterocycles. The van der Waals surface area contributed by atoms with Gasteiger partial charge >= 0.3 is 0 Å². The normalized spacial score (nSPS) is 16.6. The summed E-state index contributed by atoms with van der Waals surface area (Å²) in [7, 11) is 3.50. The molecule has 0 aliphatic carbocycles. The molecule has 0 unspecified atom stereocenters. The fourth-order valence-corrected chi connectivity index (χ4v) is 3.02.